The molecule has 0 bridgehead atoms. The van der Waals surface area contributed by atoms with Crippen molar-refractivity contribution < 1.29 is 29.0 Å². The van der Waals surface area contributed by atoms with E-state index in [0.717, 1.165) is 51.6 Å². The fraction of sp³-hybridized carbons (Fsp3) is 0.378. The van der Waals surface area contributed by atoms with Crippen molar-refractivity contribution in [2.24, 2.45) is 5.73 Å². The lowest BCUT2D eigenvalue weighted by Crippen LogP contribution is -2.29. The second-order valence-corrected chi connectivity index (χ2v) is 12.0. The van der Waals surface area contributed by atoms with Crippen LogP contribution in [0.1, 0.15) is 75.6 Å². The van der Waals surface area contributed by atoms with E-state index in [4.69, 9.17) is 22.4 Å². The lowest BCUT2D eigenvalue weighted by molar-refractivity contribution is -0.121. The van der Waals surface area contributed by atoms with Crippen LogP contribution in [-0.4, -0.2) is 59.3 Å². The van der Waals surface area contributed by atoms with Gasteiger partial charge in [-0.3, -0.25) is 14.4 Å². The Bertz CT molecular complexity index is 1790. The molecule has 0 unspecified atom stereocenters. The molecule has 0 saturated carbocycles. The molecule has 2 aromatic rings. The van der Waals surface area contributed by atoms with E-state index in [0.29, 0.717) is 64.4 Å². The lowest BCUT2D eigenvalue weighted by Gasteiger charge is -2.18. The van der Waals surface area contributed by atoms with Crippen LogP contribution in [-0.2, 0) is 9.59 Å². The number of carboxylic acid groups (broad SMARTS) is 1. The number of hydrogen-bond acceptors (Lipinski definition) is 8. The largest absolute Gasteiger partial charge is 0.508 e. The van der Waals surface area contributed by atoms with Crippen LogP contribution in [0.25, 0.3) is 33.4 Å². The number of carbonyl (C=O) groups excluding carboxylic acids is 2. The number of hydrogen-bond donors (Lipinski definition) is 7. The van der Waals surface area contributed by atoms with Gasteiger partial charge >= 0.3 is 5.97 Å². The molecule has 4 rings (SSSR count). The van der Waals surface area contributed by atoms with Crippen LogP contribution in [0.4, 0.5) is 5.69 Å². The predicted molar refractivity (Wildman–Crippen MR) is 201 cm³/mol. The number of aromatic hydroxyl groups is 1. The number of thiocarbonyl (C=S) groups is 1. The summed E-state index contributed by atoms with van der Waals surface area (Å²) in [6.07, 6.45) is 6.70. The van der Waals surface area contributed by atoms with Gasteiger partial charge in [-0.15, -0.1) is 0 Å². The molecular weight excluding hydrogens is 659 g/mol. The Hall–Kier alpha value is -5.01. The Kier molecular flexibility index (Phi) is 16.2. The van der Waals surface area contributed by atoms with Crippen LogP contribution in [0, 0.1) is 0 Å². The molecule has 2 aliphatic rings. The summed E-state index contributed by atoms with van der Waals surface area (Å²) in [5.41, 5.74) is 7.46. The number of carbonyl (C=O) groups is 3. The van der Waals surface area contributed by atoms with Crippen molar-refractivity contribution in [2.75, 3.05) is 31.5 Å². The van der Waals surface area contributed by atoms with E-state index >= 15 is 0 Å². The SMILES string of the molecule is CCNC(=O)CCCCCN.CCNC(=O)CCCCCNC(=S)Nc1ccc(-c2c3ccc(=O)cc-3oc3cc(O)ccc23)c(C(=O)O)c1. The summed E-state index contributed by atoms with van der Waals surface area (Å²) in [6, 6.07) is 13.8. The number of anilines is 1. The van der Waals surface area contributed by atoms with Gasteiger partial charge in [0.1, 0.15) is 17.1 Å². The molecule has 1 heterocycles. The van der Waals surface area contributed by atoms with Crippen molar-refractivity contribution in [3.05, 3.63) is 70.4 Å². The van der Waals surface area contributed by atoms with Crippen molar-refractivity contribution in [2.45, 2.75) is 65.2 Å². The smallest absolute Gasteiger partial charge is 0.336 e. The number of rotatable bonds is 16. The zero-order valence-corrected chi connectivity index (χ0v) is 29.4. The van der Waals surface area contributed by atoms with E-state index < -0.39 is 5.97 Å². The Morgan fingerprint density at radius 1 is 0.800 bits per heavy atom. The van der Waals surface area contributed by atoms with Gasteiger partial charge < -0.3 is 41.6 Å². The Morgan fingerprint density at radius 2 is 1.46 bits per heavy atom. The maximum Gasteiger partial charge on any atom is 0.336 e. The number of fused-ring (bicyclic) bond motifs is 2. The molecule has 1 aliphatic heterocycles. The van der Waals surface area contributed by atoms with E-state index in [1.165, 1.54) is 30.3 Å². The van der Waals surface area contributed by atoms with Gasteiger partial charge in [-0.25, -0.2) is 4.79 Å². The van der Waals surface area contributed by atoms with E-state index in [1.54, 1.807) is 24.3 Å². The Labute approximate surface area is 297 Å². The van der Waals surface area contributed by atoms with Gasteiger partial charge in [-0.05, 0) is 100 Å². The summed E-state index contributed by atoms with van der Waals surface area (Å²) in [5, 5.41) is 32.7. The number of nitrogens with one attached hydrogen (secondary N) is 4. The number of carboxylic acids is 1. The highest BCUT2D eigenvalue weighted by atomic mass is 32.1. The number of phenolic OH excluding ortho intramolecular Hbond substituents is 1. The summed E-state index contributed by atoms with van der Waals surface area (Å²) in [4.78, 5) is 46.7. The molecule has 8 N–H and O–H groups in total. The Morgan fingerprint density at radius 3 is 2.10 bits per heavy atom. The quantitative estimate of drug-likeness (QED) is 0.0436. The van der Waals surface area contributed by atoms with E-state index in [9.17, 15) is 29.4 Å². The minimum atomic E-state index is -1.14. The number of unbranched alkanes of at least 4 members (excludes halogenated alkanes) is 4. The zero-order chi connectivity index (χ0) is 36.5. The second-order valence-electron chi connectivity index (χ2n) is 11.6. The van der Waals surface area contributed by atoms with Crippen molar-refractivity contribution >= 4 is 51.8 Å². The normalized spacial score (nSPS) is 10.6. The highest BCUT2D eigenvalue weighted by Crippen LogP contribution is 2.42. The van der Waals surface area contributed by atoms with Crippen molar-refractivity contribution in [3.63, 3.8) is 0 Å². The maximum atomic E-state index is 12.4. The first-order valence-electron chi connectivity index (χ1n) is 16.9. The van der Waals surface area contributed by atoms with Crippen LogP contribution in [0.15, 0.2) is 63.8 Å². The van der Waals surface area contributed by atoms with Gasteiger partial charge in [0.25, 0.3) is 0 Å². The van der Waals surface area contributed by atoms with E-state index in [1.807, 2.05) is 13.8 Å². The average Bonchev–Trinajstić information content (AvgIpc) is 3.07. The summed E-state index contributed by atoms with van der Waals surface area (Å²) < 4.78 is 5.87. The molecule has 0 saturated heterocycles. The molecule has 0 atom stereocenters. The first-order chi connectivity index (χ1) is 24.1. The monoisotopic (exact) mass is 705 g/mol. The van der Waals surface area contributed by atoms with Crippen molar-refractivity contribution in [1.82, 2.24) is 16.0 Å². The fourth-order valence-electron chi connectivity index (χ4n) is 5.31. The summed E-state index contributed by atoms with van der Waals surface area (Å²) in [6.45, 7) is 6.53. The first kappa shape index (κ1) is 39.4. The second kappa shape index (κ2) is 20.5. The molecule has 13 heteroatoms. The number of aromatic carboxylic acids is 1. The van der Waals surface area contributed by atoms with Crippen LogP contribution in [0.2, 0.25) is 0 Å². The molecule has 0 fully saturated rings. The van der Waals surface area contributed by atoms with Gasteiger partial charge in [-0.1, -0.05) is 18.9 Å². The van der Waals surface area contributed by atoms with Crippen LogP contribution >= 0.6 is 12.2 Å². The highest BCUT2D eigenvalue weighted by molar-refractivity contribution is 7.80. The zero-order valence-electron chi connectivity index (χ0n) is 28.6. The third-order valence-electron chi connectivity index (χ3n) is 7.68. The van der Waals surface area contributed by atoms with E-state index in [2.05, 4.69) is 21.3 Å². The van der Waals surface area contributed by atoms with Gasteiger partial charge in [0, 0.05) is 66.8 Å². The van der Waals surface area contributed by atoms with Crippen LogP contribution in [0.5, 0.6) is 5.75 Å². The number of amides is 2. The average molecular weight is 706 g/mol. The molecule has 1 aliphatic carbocycles. The molecule has 2 amide bonds. The first-order valence-corrected chi connectivity index (χ1v) is 17.3. The molecule has 268 valence electrons. The topological polar surface area (TPSA) is 196 Å². The summed E-state index contributed by atoms with van der Waals surface area (Å²) >= 11 is 5.38. The van der Waals surface area contributed by atoms with Crippen molar-refractivity contribution in [1.29, 1.82) is 0 Å². The van der Waals surface area contributed by atoms with Gasteiger partial charge in [-0.2, -0.15) is 0 Å². The lowest BCUT2D eigenvalue weighted by atomic mass is 9.90. The summed E-state index contributed by atoms with van der Waals surface area (Å²) in [5.74, 6) is -0.661. The van der Waals surface area contributed by atoms with Crippen molar-refractivity contribution in [3.8, 4) is 28.2 Å². The number of phenols is 1. The summed E-state index contributed by atoms with van der Waals surface area (Å²) in [7, 11) is 0. The molecular formula is C37H47N5O7S. The molecule has 12 nitrogen and oxygen atoms in total. The number of nitrogens with two attached hydrogens (primary N) is 1. The number of benzene rings is 3. The Balaban J connectivity index is 0.000000530. The van der Waals surface area contributed by atoms with E-state index in [-0.39, 0.29) is 34.3 Å². The minimum Gasteiger partial charge on any atom is -0.508 e. The van der Waals surface area contributed by atoms with Crippen LogP contribution in [0.3, 0.4) is 0 Å². The minimum absolute atomic E-state index is 0.0177. The maximum absolute atomic E-state index is 12.4. The van der Waals surface area contributed by atoms with Gasteiger partial charge in [0.15, 0.2) is 10.5 Å². The third kappa shape index (κ3) is 12.1. The van der Waals surface area contributed by atoms with Gasteiger partial charge in [0.05, 0.1) is 5.56 Å². The third-order valence-corrected chi connectivity index (χ3v) is 7.92. The van der Waals surface area contributed by atoms with Gasteiger partial charge in [0.2, 0.25) is 11.8 Å². The molecule has 50 heavy (non-hydrogen) atoms. The highest BCUT2D eigenvalue weighted by Gasteiger charge is 2.22. The molecule has 2 aromatic carbocycles. The molecule has 0 radical (unpaired) electrons. The fourth-order valence-corrected chi connectivity index (χ4v) is 5.53. The predicted octanol–water partition coefficient (Wildman–Crippen LogP) is 5.59. The molecule has 0 spiro atoms. The standard InChI is InChI=1S/C29H29N3O6S.C8H18N2O/c1-2-30-26(35)6-4-3-5-13-31-29(39)32-17-7-10-20(23(14-17)28(36)37)27-21-11-8-18(33)15-24(21)38-25-16-19(34)9-12-22(25)27;1-2-10-8(11)6-4-3-5-7-9/h7-12,14-16,33H,2-6,13H2,1H3,(H,30,35)(H,36,37)(H2,31,32,39);2-7,9H2,1H3,(H,10,11). The van der Waals surface area contributed by atoms with Crippen LogP contribution < -0.4 is 32.4 Å². The molecule has 0 aromatic heterocycles.